The van der Waals surface area contributed by atoms with Crippen LogP contribution in [0, 0.1) is 0 Å². The number of halogens is 2. The molecule has 5 rings (SSSR count). The summed E-state index contributed by atoms with van der Waals surface area (Å²) >= 11 is 12.4. The Labute approximate surface area is 213 Å². The number of hydrogen-bond donors (Lipinski definition) is 1. The van der Waals surface area contributed by atoms with Gasteiger partial charge in [-0.1, -0.05) is 53.5 Å². The first-order valence-corrected chi connectivity index (χ1v) is 13.3. The van der Waals surface area contributed by atoms with E-state index in [4.69, 9.17) is 28.9 Å². The van der Waals surface area contributed by atoms with Crippen LogP contribution in [0.2, 0.25) is 10.0 Å². The highest BCUT2D eigenvalue weighted by Gasteiger charge is 2.35. The Morgan fingerprint density at radius 3 is 2.29 bits per heavy atom. The molecule has 0 bridgehead atoms. The molecule has 9 heteroatoms. The molecule has 178 valence electrons. The third kappa shape index (κ3) is 4.04. The van der Waals surface area contributed by atoms with E-state index in [1.54, 1.807) is 43.0 Å². The van der Waals surface area contributed by atoms with Crippen LogP contribution in [0.5, 0.6) is 0 Å². The van der Waals surface area contributed by atoms with E-state index in [0.29, 0.717) is 15.6 Å². The van der Waals surface area contributed by atoms with Crippen LogP contribution in [0.15, 0.2) is 85.5 Å². The minimum absolute atomic E-state index is 0.551. The summed E-state index contributed by atoms with van der Waals surface area (Å²) in [5.41, 5.74) is 10.6. The second-order valence-corrected chi connectivity index (χ2v) is 11.3. The van der Waals surface area contributed by atoms with Gasteiger partial charge in [0.2, 0.25) is 10.0 Å². The standard InChI is InChI=1S/C26H22Cl2N4O2S/c1-31-16-30-14-25(31)26(29,18-6-9-20(27)10-7-18)19-8-11-24-22(13-19)23(15-32(24)35(2,33)34)17-4-3-5-21(28)12-17/h3-16H,29H2,1-2H3. The van der Waals surface area contributed by atoms with Crippen molar-refractivity contribution in [3.63, 3.8) is 0 Å². The maximum absolute atomic E-state index is 12.6. The number of nitrogens with two attached hydrogens (primary N) is 1. The lowest BCUT2D eigenvalue weighted by Crippen LogP contribution is -2.40. The van der Waals surface area contributed by atoms with Gasteiger partial charge in [-0.2, -0.15) is 0 Å². The number of aryl methyl sites for hydroxylation is 1. The zero-order valence-electron chi connectivity index (χ0n) is 19.0. The molecule has 35 heavy (non-hydrogen) atoms. The van der Waals surface area contributed by atoms with E-state index < -0.39 is 15.6 Å². The molecule has 0 radical (unpaired) electrons. The minimum atomic E-state index is -3.56. The van der Waals surface area contributed by atoms with Crippen LogP contribution in [0.4, 0.5) is 0 Å². The Bertz CT molecular complexity index is 1670. The van der Waals surface area contributed by atoms with Gasteiger partial charge in [0.25, 0.3) is 0 Å². The predicted octanol–water partition coefficient (Wildman–Crippen LogP) is 5.41. The minimum Gasteiger partial charge on any atom is -0.336 e. The number of imidazole rings is 1. The van der Waals surface area contributed by atoms with E-state index in [9.17, 15) is 8.42 Å². The highest BCUT2D eigenvalue weighted by molar-refractivity contribution is 7.89. The van der Waals surface area contributed by atoms with E-state index in [0.717, 1.165) is 33.3 Å². The molecule has 2 heterocycles. The molecule has 2 N–H and O–H groups in total. The quantitative estimate of drug-likeness (QED) is 0.333. The van der Waals surface area contributed by atoms with Gasteiger partial charge in [-0.05, 0) is 53.1 Å². The lowest BCUT2D eigenvalue weighted by Gasteiger charge is -2.31. The third-order valence-corrected chi connectivity index (χ3v) is 7.74. The van der Waals surface area contributed by atoms with Gasteiger partial charge in [0, 0.05) is 34.2 Å². The molecular formula is C26H22Cl2N4O2S. The number of nitrogens with zero attached hydrogens (tertiary/aromatic N) is 3. The monoisotopic (exact) mass is 524 g/mol. The van der Waals surface area contributed by atoms with Crippen molar-refractivity contribution in [1.82, 2.24) is 13.5 Å². The van der Waals surface area contributed by atoms with E-state index in [1.165, 1.54) is 10.2 Å². The molecule has 3 aromatic carbocycles. The number of rotatable bonds is 5. The van der Waals surface area contributed by atoms with Crippen molar-refractivity contribution in [3.8, 4) is 11.1 Å². The highest BCUT2D eigenvalue weighted by Crippen LogP contribution is 2.39. The lowest BCUT2D eigenvalue weighted by atomic mass is 9.80. The Morgan fingerprint density at radius 1 is 0.943 bits per heavy atom. The molecule has 0 saturated heterocycles. The predicted molar refractivity (Wildman–Crippen MR) is 141 cm³/mol. The molecule has 6 nitrogen and oxygen atoms in total. The van der Waals surface area contributed by atoms with Crippen LogP contribution in [-0.4, -0.2) is 28.2 Å². The van der Waals surface area contributed by atoms with Crippen LogP contribution >= 0.6 is 23.2 Å². The zero-order chi connectivity index (χ0) is 25.0. The van der Waals surface area contributed by atoms with Crippen molar-refractivity contribution in [2.24, 2.45) is 12.8 Å². The molecule has 2 aromatic heterocycles. The van der Waals surface area contributed by atoms with Crippen molar-refractivity contribution >= 4 is 44.1 Å². The first-order valence-electron chi connectivity index (χ1n) is 10.7. The van der Waals surface area contributed by atoms with Crippen LogP contribution in [-0.2, 0) is 22.6 Å². The summed E-state index contributed by atoms with van der Waals surface area (Å²) in [6.45, 7) is 0. The molecule has 0 aliphatic heterocycles. The number of aromatic nitrogens is 3. The second-order valence-electron chi connectivity index (χ2n) is 8.55. The molecule has 0 aliphatic rings. The smallest absolute Gasteiger partial charge is 0.236 e. The van der Waals surface area contributed by atoms with E-state index in [-0.39, 0.29) is 0 Å². The number of fused-ring (bicyclic) bond motifs is 1. The van der Waals surface area contributed by atoms with Crippen molar-refractivity contribution in [3.05, 3.63) is 112 Å². The maximum Gasteiger partial charge on any atom is 0.236 e. The Hall–Kier alpha value is -3.10. The summed E-state index contributed by atoms with van der Waals surface area (Å²) in [6, 6.07) is 20.3. The van der Waals surface area contributed by atoms with Crippen molar-refractivity contribution < 1.29 is 8.42 Å². The maximum atomic E-state index is 12.6. The molecule has 1 unspecified atom stereocenters. The Morgan fingerprint density at radius 2 is 1.66 bits per heavy atom. The first-order chi connectivity index (χ1) is 16.6. The van der Waals surface area contributed by atoms with Crippen LogP contribution < -0.4 is 5.73 Å². The van der Waals surface area contributed by atoms with Crippen molar-refractivity contribution in [2.75, 3.05) is 6.26 Å². The first kappa shape index (κ1) is 23.6. The number of benzene rings is 3. The van der Waals surface area contributed by atoms with Gasteiger partial charge < -0.3 is 10.3 Å². The topological polar surface area (TPSA) is 82.9 Å². The summed E-state index contributed by atoms with van der Waals surface area (Å²) in [4.78, 5) is 4.29. The van der Waals surface area contributed by atoms with E-state index in [1.807, 2.05) is 54.1 Å². The fraction of sp³-hybridized carbons (Fsp3) is 0.115. The molecule has 0 aliphatic carbocycles. The Balaban J connectivity index is 1.84. The van der Waals surface area contributed by atoms with Gasteiger partial charge in [0.15, 0.2) is 0 Å². The zero-order valence-corrected chi connectivity index (χ0v) is 21.3. The van der Waals surface area contributed by atoms with Crippen LogP contribution in [0.3, 0.4) is 0 Å². The van der Waals surface area contributed by atoms with E-state index >= 15 is 0 Å². The molecule has 0 fully saturated rings. The highest BCUT2D eigenvalue weighted by atomic mass is 35.5. The summed E-state index contributed by atoms with van der Waals surface area (Å²) in [6.07, 6.45) is 6.24. The third-order valence-electron chi connectivity index (χ3n) is 6.24. The summed E-state index contributed by atoms with van der Waals surface area (Å²) in [7, 11) is -1.67. The van der Waals surface area contributed by atoms with Gasteiger partial charge in [-0.3, -0.25) is 0 Å². The molecule has 0 spiro atoms. The summed E-state index contributed by atoms with van der Waals surface area (Å²) in [5, 5.41) is 1.90. The summed E-state index contributed by atoms with van der Waals surface area (Å²) < 4.78 is 28.4. The fourth-order valence-corrected chi connectivity index (χ4v) is 5.65. The SMILES string of the molecule is Cn1cncc1C(N)(c1ccc(Cl)cc1)c1ccc2c(c1)c(-c1cccc(Cl)c1)cn2S(C)(=O)=O. The Kier molecular flexibility index (Phi) is 5.76. The van der Waals surface area contributed by atoms with Gasteiger partial charge in [-0.15, -0.1) is 0 Å². The molecule has 5 aromatic rings. The van der Waals surface area contributed by atoms with Gasteiger partial charge in [-0.25, -0.2) is 17.4 Å². The van der Waals surface area contributed by atoms with Crippen molar-refractivity contribution in [2.45, 2.75) is 5.54 Å². The molecule has 0 amide bonds. The van der Waals surface area contributed by atoms with Gasteiger partial charge >= 0.3 is 0 Å². The van der Waals surface area contributed by atoms with Gasteiger partial charge in [0.05, 0.1) is 30.0 Å². The molecular weight excluding hydrogens is 503 g/mol. The largest absolute Gasteiger partial charge is 0.336 e. The fourth-order valence-electron chi connectivity index (χ4n) is 4.52. The van der Waals surface area contributed by atoms with Crippen LogP contribution in [0.1, 0.15) is 16.8 Å². The van der Waals surface area contributed by atoms with Crippen LogP contribution in [0.25, 0.3) is 22.0 Å². The van der Waals surface area contributed by atoms with Gasteiger partial charge in [0.1, 0.15) is 5.54 Å². The molecule has 1 atom stereocenters. The average molecular weight is 525 g/mol. The number of hydrogen-bond acceptors (Lipinski definition) is 4. The lowest BCUT2D eigenvalue weighted by molar-refractivity contribution is 0.595. The normalized spacial score (nSPS) is 13.7. The van der Waals surface area contributed by atoms with Crippen molar-refractivity contribution in [1.29, 1.82) is 0 Å². The average Bonchev–Trinajstić information content (AvgIpc) is 3.42. The molecule has 0 saturated carbocycles. The second kappa shape index (κ2) is 8.53. The van der Waals surface area contributed by atoms with E-state index in [2.05, 4.69) is 4.98 Å². The summed E-state index contributed by atoms with van der Waals surface area (Å²) in [5.74, 6) is 0.